The van der Waals surface area contributed by atoms with E-state index in [4.69, 9.17) is 5.73 Å². The Hall–Kier alpha value is -2.84. The van der Waals surface area contributed by atoms with Crippen LogP contribution in [-0.2, 0) is 6.18 Å². The molecule has 0 aliphatic heterocycles. The molecule has 0 aliphatic rings. The monoisotopic (exact) mass is 309 g/mol. The fourth-order valence-corrected chi connectivity index (χ4v) is 2.13. The first-order valence-electron chi connectivity index (χ1n) is 6.16. The summed E-state index contributed by atoms with van der Waals surface area (Å²) in [5.41, 5.74) is 6.32. The van der Waals surface area contributed by atoms with E-state index in [0.717, 1.165) is 0 Å². The number of alkyl halides is 3. The van der Waals surface area contributed by atoms with Crippen LogP contribution in [0.3, 0.4) is 0 Å². The normalized spacial score (nSPS) is 12.0. The van der Waals surface area contributed by atoms with Crippen LogP contribution in [-0.4, -0.2) is 24.6 Å². The van der Waals surface area contributed by atoms with Crippen molar-refractivity contribution in [3.63, 3.8) is 0 Å². The third kappa shape index (κ3) is 2.20. The average Bonchev–Trinajstić information content (AvgIpc) is 2.74. The van der Waals surface area contributed by atoms with Crippen LogP contribution in [0.5, 0.6) is 5.75 Å². The molecule has 114 valence electrons. The van der Waals surface area contributed by atoms with Gasteiger partial charge in [0, 0.05) is 6.07 Å². The van der Waals surface area contributed by atoms with E-state index in [9.17, 15) is 18.3 Å². The van der Waals surface area contributed by atoms with Crippen molar-refractivity contribution in [3.8, 4) is 11.4 Å². The van der Waals surface area contributed by atoms with Crippen LogP contribution in [0.15, 0.2) is 24.3 Å². The summed E-state index contributed by atoms with van der Waals surface area (Å²) in [5, 5.41) is 9.53. The number of benzene rings is 1. The number of aromatic nitrogens is 4. The summed E-state index contributed by atoms with van der Waals surface area (Å²) in [7, 11) is 0. The van der Waals surface area contributed by atoms with E-state index in [1.54, 1.807) is 6.07 Å². The molecule has 3 aromatic rings. The van der Waals surface area contributed by atoms with Crippen molar-refractivity contribution >= 4 is 17.1 Å². The number of nitrogen functional groups attached to an aromatic ring is 1. The van der Waals surface area contributed by atoms with E-state index in [1.807, 2.05) is 0 Å². The molecule has 9 heteroatoms. The molecular weight excluding hydrogens is 299 g/mol. The van der Waals surface area contributed by atoms with E-state index in [-0.39, 0.29) is 28.6 Å². The Morgan fingerprint density at radius 1 is 1.18 bits per heavy atom. The van der Waals surface area contributed by atoms with E-state index >= 15 is 0 Å². The lowest BCUT2D eigenvalue weighted by Gasteiger charge is -2.09. The van der Waals surface area contributed by atoms with Gasteiger partial charge in [-0.1, -0.05) is 6.07 Å². The van der Waals surface area contributed by atoms with Crippen molar-refractivity contribution in [1.29, 1.82) is 0 Å². The molecule has 0 unspecified atom stereocenters. The zero-order chi connectivity index (χ0) is 16.1. The van der Waals surface area contributed by atoms with Gasteiger partial charge in [0.1, 0.15) is 11.3 Å². The summed E-state index contributed by atoms with van der Waals surface area (Å²) in [6, 6.07) is 5.89. The summed E-state index contributed by atoms with van der Waals surface area (Å²) in [6.45, 7) is 1.40. The number of phenolic OH excluding ortho intramolecular Hbond substituents is 1. The van der Waals surface area contributed by atoms with Crippen molar-refractivity contribution in [2.75, 3.05) is 5.73 Å². The Bertz CT molecular complexity index is 872. The molecule has 3 rings (SSSR count). The van der Waals surface area contributed by atoms with E-state index in [2.05, 4.69) is 15.0 Å². The van der Waals surface area contributed by atoms with Crippen molar-refractivity contribution in [3.05, 3.63) is 35.8 Å². The number of rotatable bonds is 1. The van der Waals surface area contributed by atoms with Crippen molar-refractivity contribution in [2.45, 2.75) is 13.1 Å². The minimum absolute atomic E-state index is 0.0441. The predicted molar refractivity (Wildman–Crippen MR) is 72.5 cm³/mol. The van der Waals surface area contributed by atoms with Gasteiger partial charge in [-0.15, -0.1) is 0 Å². The first-order chi connectivity index (χ1) is 10.3. The number of imidazole rings is 1. The van der Waals surface area contributed by atoms with Crippen molar-refractivity contribution in [2.24, 2.45) is 0 Å². The Morgan fingerprint density at radius 2 is 1.91 bits per heavy atom. The maximum atomic E-state index is 12.9. The van der Waals surface area contributed by atoms with E-state index in [1.165, 1.54) is 29.7 Å². The molecule has 22 heavy (non-hydrogen) atoms. The third-order valence-corrected chi connectivity index (χ3v) is 3.05. The first-order valence-corrected chi connectivity index (χ1v) is 6.16. The highest BCUT2D eigenvalue weighted by Crippen LogP contribution is 2.30. The molecule has 0 amide bonds. The molecule has 2 aromatic heterocycles. The van der Waals surface area contributed by atoms with Gasteiger partial charge in [-0.3, -0.25) is 4.57 Å². The molecule has 6 nitrogen and oxygen atoms in total. The van der Waals surface area contributed by atoms with Crippen LogP contribution in [0, 0.1) is 6.92 Å². The molecule has 0 radical (unpaired) electrons. The summed E-state index contributed by atoms with van der Waals surface area (Å²) in [5.74, 6) is -1.36. The Kier molecular flexibility index (Phi) is 2.94. The minimum atomic E-state index is -4.68. The molecule has 0 fully saturated rings. The lowest BCUT2D eigenvalue weighted by atomic mass is 10.3. The third-order valence-electron chi connectivity index (χ3n) is 3.05. The largest absolute Gasteiger partial charge is 0.508 e. The van der Waals surface area contributed by atoms with E-state index in [0.29, 0.717) is 5.69 Å². The molecule has 2 heterocycles. The number of aromatic hydroxyl groups is 1. The van der Waals surface area contributed by atoms with Gasteiger partial charge in [-0.2, -0.15) is 13.2 Å². The number of aryl methyl sites for hydroxylation is 1. The molecule has 0 bridgehead atoms. The number of hydrogen-bond donors (Lipinski definition) is 2. The number of fused-ring (bicyclic) bond motifs is 1. The molecule has 0 spiro atoms. The first kappa shape index (κ1) is 14.1. The Morgan fingerprint density at radius 3 is 2.55 bits per heavy atom. The Labute approximate surface area is 122 Å². The molecule has 0 aliphatic carbocycles. The maximum absolute atomic E-state index is 12.9. The summed E-state index contributed by atoms with van der Waals surface area (Å²) in [6.07, 6.45) is -4.68. The predicted octanol–water partition coefficient (Wildman–Crippen LogP) is 2.43. The quantitative estimate of drug-likeness (QED) is 0.720. The molecule has 3 N–H and O–H groups in total. The highest BCUT2D eigenvalue weighted by Gasteiger charge is 2.36. The molecule has 0 atom stereocenters. The van der Waals surface area contributed by atoms with Crippen molar-refractivity contribution in [1.82, 2.24) is 19.5 Å². The molecular formula is C13H10F3N5O. The molecule has 1 aromatic carbocycles. The van der Waals surface area contributed by atoms with Crippen LogP contribution in [0.1, 0.15) is 11.5 Å². The van der Waals surface area contributed by atoms with Gasteiger partial charge in [0.05, 0.1) is 11.4 Å². The van der Waals surface area contributed by atoms with Gasteiger partial charge in [-0.05, 0) is 19.1 Å². The van der Waals surface area contributed by atoms with Crippen molar-refractivity contribution < 1.29 is 18.3 Å². The van der Waals surface area contributed by atoms with Crippen LogP contribution in [0.25, 0.3) is 16.9 Å². The average molecular weight is 309 g/mol. The van der Waals surface area contributed by atoms with Gasteiger partial charge in [0.2, 0.25) is 11.8 Å². The number of phenols is 1. The highest BCUT2D eigenvalue weighted by atomic mass is 19.4. The summed E-state index contributed by atoms with van der Waals surface area (Å²) in [4.78, 5) is 11.0. The Balaban J connectivity index is 2.35. The van der Waals surface area contributed by atoms with Crippen LogP contribution in [0.4, 0.5) is 19.1 Å². The summed E-state index contributed by atoms with van der Waals surface area (Å²) < 4.78 is 39.9. The van der Waals surface area contributed by atoms with Gasteiger partial charge in [-0.25, -0.2) is 15.0 Å². The number of nitrogens with two attached hydrogens (primary N) is 1. The zero-order valence-corrected chi connectivity index (χ0v) is 11.3. The highest BCUT2D eigenvalue weighted by molar-refractivity contribution is 5.79. The van der Waals surface area contributed by atoms with Gasteiger partial charge in [0.25, 0.3) is 0 Å². The van der Waals surface area contributed by atoms with Crippen LogP contribution >= 0.6 is 0 Å². The molecule has 0 saturated heterocycles. The number of hydrogen-bond acceptors (Lipinski definition) is 5. The SMILES string of the molecule is Cc1nc(C(F)(F)F)nc2c1nc(N)n2-c1cccc(O)c1. The lowest BCUT2D eigenvalue weighted by Crippen LogP contribution is -2.13. The fraction of sp³-hybridized carbons (Fsp3) is 0.154. The lowest BCUT2D eigenvalue weighted by molar-refractivity contribution is -0.144. The van der Waals surface area contributed by atoms with E-state index < -0.39 is 12.0 Å². The topological polar surface area (TPSA) is 89.9 Å². The van der Waals surface area contributed by atoms with Gasteiger partial charge in [0.15, 0.2) is 5.65 Å². The van der Waals surface area contributed by atoms with Gasteiger partial charge >= 0.3 is 6.18 Å². The second-order valence-corrected chi connectivity index (χ2v) is 4.63. The van der Waals surface area contributed by atoms with Crippen LogP contribution in [0.2, 0.25) is 0 Å². The number of anilines is 1. The summed E-state index contributed by atoms with van der Waals surface area (Å²) >= 11 is 0. The second-order valence-electron chi connectivity index (χ2n) is 4.63. The maximum Gasteiger partial charge on any atom is 0.451 e. The van der Waals surface area contributed by atoms with Crippen LogP contribution < -0.4 is 5.73 Å². The number of halogens is 3. The zero-order valence-electron chi connectivity index (χ0n) is 11.3. The number of nitrogens with zero attached hydrogens (tertiary/aromatic N) is 4. The molecule has 0 saturated carbocycles. The standard InChI is InChI=1S/C13H10F3N5O/c1-6-9-10(20-11(18-6)13(14,15)16)21(12(17)19-9)7-3-2-4-8(22)5-7/h2-5,22H,1H3,(H2,17,19). The second kappa shape index (κ2) is 4.58. The minimum Gasteiger partial charge on any atom is -0.508 e. The van der Waals surface area contributed by atoms with Gasteiger partial charge < -0.3 is 10.8 Å². The smallest absolute Gasteiger partial charge is 0.451 e. The fourth-order valence-electron chi connectivity index (χ4n) is 2.13.